The number of carbonyl (C=O) groups excluding carboxylic acids is 1. The molecule has 0 aliphatic heterocycles. The Labute approximate surface area is 131 Å². The Hall–Kier alpha value is -2.72. The first-order valence-electron chi connectivity index (χ1n) is 6.78. The van der Waals surface area contributed by atoms with Gasteiger partial charge in [0, 0.05) is 0 Å². The summed E-state index contributed by atoms with van der Waals surface area (Å²) in [5.41, 5.74) is 0.782. The summed E-state index contributed by atoms with van der Waals surface area (Å²) in [5, 5.41) is 33.6. The number of carbonyl (C=O) groups is 2. The average molecular weight is 318 g/mol. The van der Waals surface area contributed by atoms with Gasteiger partial charge in [0.05, 0.1) is 18.9 Å². The highest BCUT2D eigenvalue weighted by Gasteiger charge is 2.26. The molecule has 0 unspecified atom stereocenters. The van der Waals surface area contributed by atoms with Gasteiger partial charge in [-0.3, -0.25) is 9.48 Å². The first-order valence-corrected chi connectivity index (χ1v) is 6.78. The van der Waals surface area contributed by atoms with Crippen LogP contribution in [-0.4, -0.2) is 54.9 Å². The van der Waals surface area contributed by atoms with Crippen LogP contribution in [0.5, 0.6) is 0 Å². The molecule has 0 saturated carbocycles. The van der Waals surface area contributed by atoms with Crippen LogP contribution in [0.15, 0.2) is 36.7 Å². The third kappa shape index (κ3) is 4.90. The molecule has 1 heterocycles. The van der Waals surface area contributed by atoms with Crippen LogP contribution in [0, 0.1) is 0 Å². The van der Waals surface area contributed by atoms with Gasteiger partial charge < -0.3 is 20.5 Å². The summed E-state index contributed by atoms with van der Waals surface area (Å²) in [5.74, 6) is -3.15. The third-order valence-corrected chi connectivity index (χ3v) is 3.03. The highest BCUT2D eigenvalue weighted by molar-refractivity contribution is 6.43. The van der Waals surface area contributed by atoms with E-state index in [9.17, 15) is 19.6 Å². The molecule has 0 aliphatic carbocycles. The summed E-state index contributed by atoms with van der Waals surface area (Å²) in [4.78, 5) is 26.2. The van der Waals surface area contributed by atoms with E-state index < -0.39 is 30.8 Å². The lowest BCUT2D eigenvalue weighted by Crippen LogP contribution is -2.49. The number of rotatable bonds is 7. The van der Waals surface area contributed by atoms with Gasteiger partial charge in [0.1, 0.15) is 6.33 Å². The van der Waals surface area contributed by atoms with Crippen molar-refractivity contribution in [1.82, 2.24) is 20.1 Å². The summed E-state index contributed by atoms with van der Waals surface area (Å²) in [6.07, 6.45) is 1.23. The Bertz CT molecular complexity index is 676. The van der Waals surface area contributed by atoms with E-state index in [0.717, 1.165) is 16.6 Å². The molecular weight excluding hydrogens is 303 g/mol. The maximum Gasteiger partial charge on any atom is 0.477 e. The molecule has 0 radical (unpaired) electrons. The molecule has 0 fully saturated rings. The lowest BCUT2D eigenvalue weighted by Gasteiger charge is -2.17. The summed E-state index contributed by atoms with van der Waals surface area (Å²) < 4.78 is 1.12. The van der Waals surface area contributed by atoms with Crippen molar-refractivity contribution >= 4 is 19.0 Å². The van der Waals surface area contributed by atoms with Crippen LogP contribution in [0.3, 0.4) is 0 Å². The zero-order valence-corrected chi connectivity index (χ0v) is 12.0. The molecule has 0 spiro atoms. The summed E-state index contributed by atoms with van der Waals surface area (Å²) in [6.45, 7) is -0.127. The third-order valence-electron chi connectivity index (χ3n) is 3.03. The topological polar surface area (TPSA) is 138 Å². The molecular formula is C13H15BN4O5. The molecule has 1 amide bonds. The van der Waals surface area contributed by atoms with Crippen LogP contribution in [0.4, 0.5) is 0 Å². The zero-order valence-electron chi connectivity index (χ0n) is 12.0. The van der Waals surface area contributed by atoms with E-state index in [1.807, 2.05) is 6.07 Å². The molecule has 23 heavy (non-hydrogen) atoms. The van der Waals surface area contributed by atoms with Gasteiger partial charge in [-0.15, -0.1) is 5.10 Å². The highest BCUT2D eigenvalue weighted by atomic mass is 16.4. The van der Waals surface area contributed by atoms with Gasteiger partial charge >= 0.3 is 13.1 Å². The van der Waals surface area contributed by atoms with E-state index in [-0.39, 0.29) is 13.0 Å². The van der Waals surface area contributed by atoms with Crippen LogP contribution in [0.1, 0.15) is 16.2 Å². The van der Waals surface area contributed by atoms with E-state index in [1.165, 1.54) is 0 Å². The van der Waals surface area contributed by atoms with Crippen LogP contribution < -0.4 is 5.32 Å². The lowest BCUT2D eigenvalue weighted by molar-refractivity contribution is -0.120. The zero-order chi connectivity index (χ0) is 16.8. The van der Waals surface area contributed by atoms with Crippen molar-refractivity contribution in [3.63, 3.8) is 0 Å². The minimum Gasteiger partial charge on any atom is -0.475 e. The fourth-order valence-corrected chi connectivity index (χ4v) is 1.94. The number of nitrogens with one attached hydrogen (secondary N) is 1. The Morgan fingerprint density at radius 1 is 1.26 bits per heavy atom. The SMILES string of the molecule is O=C(Cc1ccccc1)N[C@H](Cn1cnc(C(=O)O)n1)B(O)O. The Morgan fingerprint density at radius 2 is 1.96 bits per heavy atom. The van der Waals surface area contributed by atoms with E-state index in [4.69, 9.17) is 5.11 Å². The van der Waals surface area contributed by atoms with Crippen LogP contribution in [0.2, 0.25) is 0 Å². The number of hydrogen-bond donors (Lipinski definition) is 4. The second-order valence-electron chi connectivity index (χ2n) is 4.85. The second-order valence-corrected chi connectivity index (χ2v) is 4.85. The number of aromatic nitrogens is 3. The van der Waals surface area contributed by atoms with Gasteiger partial charge in [0.25, 0.3) is 5.82 Å². The summed E-state index contributed by atoms with van der Waals surface area (Å²) in [6, 6.07) is 8.97. The number of benzene rings is 1. The molecule has 0 saturated heterocycles. The molecule has 2 aromatic rings. The van der Waals surface area contributed by atoms with Crippen molar-refractivity contribution in [2.24, 2.45) is 0 Å². The van der Waals surface area contributed by atoms with Crippen molar-refractivity contribution in [3.8, 4) is 0 Å². The fourth-order valence-electron chi connectivity index (χ4n) is 1.94. The molecule has 9 nitrogen and oxygen atoms in total. The monoisotopic (exact) mass is 318 g/mol. The van der Waals surface area contributed by atoms with Crippen molar-refractivity contribution in [3.05, 3.63) is 48.0 Å². The van der Waals surface area contributed by atoms with Crippen LogP contribution in [0.25, 0.3) is 0 Å². The van der Waals surface area contributed by atoms with Crippen molar-refractivity contribution in [2.45, 2.75) is 18.9 Å². The summed E-state index contributed by atoms with van der Waals surface area (Å²) in [7, 11) is -1.83. The molecule has 0 aliphatic rings. The van der Waals surface area contributed by atoms with Gasteiger partial charge in [0.2, 0.25) is 5.91 Å². The van der Waals surface area contributed by atoms with E-state index in [1.54, 1.807) is 24.3 Å². The molecule has 120 valence electrons. The average Bonchev–Trinajstić information content (AvgIpc) is 2.96. The largest absolute Gasteiger partial charge is 0.477 e. The van der Waals surface area contributed by atoms with Crippen LogP contribution in [-0.2, 0) is 17.8 Å². The molecule has 1 aromatic heterocycles. The van der Waals surface area contributed by atoms with Crippen molar-refractivity contribution in [1.29, 1.82) is 0 Å². The van der Waals surface area contributed by atoms with Gasteiger partial charge in [-0.25, -0.2) is 9.78 Å². The number of carboxylic acids is 1. The lowest BCUT2D eigenvalue weighted by atomic mass is 9.79. The number of carboxylic acid groups (broad SMARTS) is 1. The fraction of sp³-hybridized carbons (Fsp3) is 0.231. The minimum absolute atomic E-state index is 0.0851. The molecule has 4 N–H and O–H groups in total. The van der Waals surface area contributed by atoms with E-state index >= 15 is 0 Å². The standard InChI is InChI=1S/C13H15BN4O5/c19-11(6-9-4-2-1-3-5-9)16-10(14(22)23)7-18-8-15-12(17-18)13(20)21/h1-5,8,10,22-23H,6-7H2,(H,16,19)(H,20,21)/t10-/m1/s1. The predicted molar refractivity (Wildman–Crippen MR) is 79.2 cm³/mol. The van der Waals surface area contributed by atoms with E-state index in [2.05, 4.69) is 15.4 Å². The smallest absolute Gasteiger partial charge is 0.475 e. The highest BCUT2D eigenvalue weighted by Crippen LogP contribution is 2.01. The molecule has 0 bridgehead atoms. The normalized spacial score (nSPS) is 11.7. The van der Waals surface area contributed by atoms with Gasteiger partial charge in [-0.2, -0.15) is 0 Å². The Morgan fingerprint density at radius 3 is 2.52 bits per heavy atom. The Balaban J connectivity index is 1.97. The van der Waals surface area contributed by atoms with Gasteiger partial charge in [-0.1, -0.05) is 30.3 Å². The molecule has 1 aromatic carbocycles. The minimum atomic E-state index is -1.83. The summed E-state index contributed by atoms with van der Waals surface area (Å²) >= 11 is 0. The predicted octanol–water partition coefficient (Wildman–Crippen LogP) is -1.28. The maximum atomic E-state index is 12.0. The quantitative estimate of drug-likeness (QED) is 0.466. The van der Waals surface area contributed by atoms with Crippen LogP contribution >= 0.6 is 0 Å². The molecule has 1 atom stereocenters. The van der Waals surface area contributed by atoms with E-state index in [0.29, 0.717) is 0 Å². The van der Waals surface area contributed by atoms with Gasteiger partial charge in [-0.05, 0) is 5.56 Å². The van der Waals surface area contributed by atoms with Gasteiger partial charge in [0.15, 0.2) is 0 Å². The number of amides is 1. The number of aromatic carboxylic acids is 1. The second kappa shape index (κ2) is 7.52. The molecule has 10 heteroatoms. The first-order chi connectivity index (χ1) is 11.0. The Kier molecular flexibility index (Phi) is 5.44. The maximum absolute atomic E-state index is 12.0. The first kappa shape index (κ1) is 16.7. The van der Waals surface area contributed by atoms with Crippen molar-refractivity contribution < 1.29 is 24.7 Å². The number of nitrogens with zero attached hydrogens (tertiary/aromatic N) is 3. The molecule has 2 rings (SSSR count). The van der Waals surface area contributed by atoms with Crippen molar-refractivity contribution in [2.75, 3.05) is 0 Å². The number of hydrogen-bond acceptors (Lipinski definition) is 6.